The highest BCUT2D eigenvalue weighted by Crippen LogP contribution is 2.04. The maximum absolute atomic E-state index is 9.96. The summed E-state index contributed by atoms with van der Waals surface area (Å²) < 4.78 is 0. The van der Waals surface area contributed by atoms with Gasteiger partial charge in [-0.15, -0.1) is 11.6 Å². The van der Waals surface area contributed by atoms with Crippen molar-refractivity contribution in [1.29, 1.82) is 0 Å². The maximum atomic E-state index is 9.96. The minimum atomic E-state index is -0.356. The molecular weight excluding hydrogens is 154 g/mol. The molecule has 10 heavy (non-hydrogen) atoms. The first kappa shape index (κ1) is 9.43. The summed E-state index contributed by atoms with van der Waals surface area (Å²) in [5, 5.41) is 9.96. The third-order valence-corrected chi connectivity index (χ3v) is 1.70. The molecular formula is C6H10ClNO2. The quantitative estimate of drug-likeness (QED) is 0.276. The van der Waals surface area contributed by atoms with Gasteiger partial charge in [0.25, 0.3) is 0 Å². The summed E-state index contributed by atoms with van der Waals surface area (Å²) in [5.74, 6) is 0.375. The summed E-state index contributed by atoms with van der Waals surface area (Å²) in [6.07, 6.45) is 0. The van der Waals surface area contributed by atoms with Crippen molar-refractivity contribution in [2.45, 2.75) is 13.8 Å². The molecule has 58 valence electrons. The fourth-order valence-electron chi connectivity index (χ4n) is 0.443. The summed E-state index contributed by atoms with van der Waals surface area (Å²) in [7, 11) is 0. The lowest BCUT2D eigenvalue weighted by molar-refractivity contribution is -0.470. The predicted molar refractivity (Wildman–Crippen MR) is 41.0 cm³/mol. The number of nitro groups is 1. The molecule has 0 aromatic heterocycles. The Kier molecular flexibility index (Phi) is 4.03. The van der Waals surface area contributed by atoms with Gasteiger partial charge in [-0.25, -0.2) is 0 Å². The minimum absolute atomic E-state index is 0.0987. The molecule has 3 nitrogen and oxygen atoms in total. The molecule has 0 atom stereocenters. The fraction of sp³-hybridized carbons (Fsp3) is 0.667. The average Bonchev–Trinajstić information content (AvgIpc) is 1.85. The van der Waals surface area contributed by atoms with Gasteiger partial charge >= 0.3 is 0 Å². The Bertz CT molecular complexity index is 165. The highest BCUT2D eigenvalue weighted by Gasteiger charge is 2.01. The van der Waals surface area contributed by atoms with Gasteiger partial charge < -0.3 is 0 Å². The van der Waals surface area contributed by atoms with Crippen LogP contribution in [0.3, 0.4) is 0 Å². The number of allylic oxidation sites excluding steroid dienone is 1. The topological polar surface area (TPSA) is 43.1 Å². The SMILES string of the molecule is C/C(CCl)=C(/C)C[N+](=O)[O-]. The van der Waals surface area contributed by atoms with Crippen molar-refractivity contribution in [3.8, 4) is 0 Å². The second-order valence-corrected chi connectivity index (χ2v) is 2.45. The zero-order chi connectivity index (χ0) is 8.15. The average molecular weight is 164 g/mol. The van der Waals surface area contributed by atoms with Gasteiger partial charge in [0.2, 0.25) is 6.54 Å². The highest BCUT2D eigenvalue weighted by molar-refractivity contribution is 6.19. The fourth-order valence-corrected chi connectivity index (χ4v) is 0.671. The van der Waals surface area contributed by atoms with Gasteiger partial charge in [0.05, 0.1) is 0 Å². The zero-order valence-corrected chi connectivity index (χ0v) is 6.81. The van der Waals surface area contributed by atoms with Gasteiger partial charge in [-0.3, -0.25) is 10.1 Å². The van der Waals surface area contributed by atoms with Gasteiger partial charge in [-0.1, -0.05) is 5.57 Å². The molecule has 0 spiro atoms. The van der Waals surface area contributed by atoms with Crippen LogP contribution in [0.25, 0.3) is 0 Å². The number of alkyl halides is 1. The first-order valence-corrected chi connectivity index (χ1v) is 3.44. The maximum Gasteiger partial charge on any atom is 0.224 e. The van der Waals surface area contributed by atoms with E-state index in [0.717, 1.165) is 11.1 Å². The number of halogens is 1. The van der Waals surface area contributed by atoms with Crippen LogP contribution in [0.15, 0.2) is 11.1 Å². The largest absolute Gasteiger partial charge is 0.264 e. The van der Waals surface area contributed by atoms with Gasteiger partial charge in [0, 0.05) is 10.8 Å². The minimum Gasteiger partial charge on any atom is -0.264 e. The van der Waals surface area contributed by atoms with Crippen LogP contribution in [0, 0.1) is 10.1 Å². The van der Waals surface area contributed by atoms with Crippen molar-refractivity contribution in [2.75, 3.05) is 12.4 Å². The smallest absolute Gasteiger partial charge is 0.224 e. The third kappa shape index (κ3) is 3.45. The monoisotopic (exact) mass is 163 g/mol. The summed E-state index contributed by atoms with van der Waals surface area (Å²) in [4.78, 5) is 9.60. The first-order chi connectivity index (χ1) is 4.57. The Balaban J connectivity index is 4.04. The van der Waals surface area contributed by atoms with Crippen LogP contribution in [-0.2, 0) is 0 Å². The molecule has 0 unspecified atom stereocenters. The number of nitrogens with zero attached hydrogens (tertiary/aromatic N) is 1. The molecule has 0 aliphatic carbocycles. The van der Waals surface area contributed by atoms with Crippen molar-refractivity contribution in [1.82, 2.24) is 0 Å². The second-order valence-electron chi connectivity index (χ2n) is 2.19. The molecule has 0 fully saturated rings. The molecule has 0 saturated heterocycles. The third-order valence-electron chi connectivity index (χ3n) is 1.30. The Morgan fingerprint density at radius 1 is 1.50 bits per heavy atom. The van der Waals surface area contributed by atoms with Crippen molar-refractivity contribution in [2.24, 2.45) is 0 Å². The summed E-state index contributed by atoms with van der Waals surface area (Å²) in [6.45, 7) is 3.42. The van der Waals surface area contributed by atoms with Gasteiger partial charge in [0.15, 0.2) is 0 Å². The van der Waals surface area contributed by atoms with E-state index in [1.807, 2.05) is 0 Å². The van der Waals surface area contributed by atoms with Crippen molar-refractivity contribution in [3.63, 3.8) is 0 Å². The molecule has 0 bridgehead atoms. The van der Waals surface area contributed by atoms with Crippen LogP contribution < -0.4 is 0 Å². The Labute approximate surface area is 64.8 Å². The summed E-state index contributed by atoms with van der Waals surface area (Å²) >= 11 is 5.45. The van der Waals surface area contributed by atoms with Crippen LogP contribution in [0.1, 0.15) is 13.8 Å². The molecule has 0 amide bonds. The molecule has 0 saturated carbocycles. The molecule has 0 aliphatic heterocycles. The van der Waals surface area contributed by atoms with Crippen LogP contribution in [0.5, 0.6) is 0 Å². The van der Waals surface area contributed by atoms with Crippen molar-refractivity contribution >= 4 is 11.6 Å². The molecule has 0 rings (SSSR count). The predicted octanol–water partition coefficient (Wildman–Crippen LogP) is 1.84. The zero-order valence-electron chi connectivity index (χ0n) is 6.06. The van der Waals surface area contributed by atoms with Crippen LogP contribution in [-0.4, -0.2) is 17.3 Å². The molecule has 0 aromatic carbocycles. The van der Waals surface area contributed by atoms with E-state index in [1.165, 1.54) is 0 Å². The lowest BCUT2D eigenvalue weighted by atomic mass is 10.2. The van der Waals surface area contributed by atoms with Gasteiger partial charge in [0.1, 0.15) is 0 Å². The normalized spacial score (nSPS) is 12.7. The van der Waals surface area contributed by atoms with E-state index in [1.54, 1.807) is 13.8 Å². The second kappa shape index (κ2) is 4.28. The highest BCUT2D eigenvalue weighted by atomic mass is 35.5. The lowest BCUT2D eigenvalue weighted by Crippen LogP contribution is -2.03. The van der Waals surface area contributed by atoms with E-state index in [-0.39, 0.29) is 11.5 Å². The number of hydrogen-bond donors (Lipinski definition) is 0. The van der Waals surface area contributed by atoms with E-state index in [0.29, 0.717) is 5.88 Å². The van der Waals surface area contributed by atoms with Gasteiger partial charge in [-0.05, 0) is 19.4 Å². The molecule has 0 heterocycles. The molecule has 4 heteroatoms. The van der Waals surface area contributed by atoms with Crippen LogP contribution in [0.2, 0.25) is 0 Å². The van der Waals surface area contributed by atoms with Gasteiger partial charge in [-0.2, -0.15) is 0 Å². The molecule has 0 aromatic rings. The van der Waals surface area contributed by atoms with E-state index >= 15 is 0 Å². The lowest BCUT2D eigenvalue weighted by Gasteiger charge is -1.97. The molecule has 0 N–H and O–H groups in total. The number of rotatable bonds is 3. The van der Waals surface area contributed by atoms with E-state index in [9.17, 15) is 10.1 Å². The Morgan fingerprint density at radius 2 is 2.00 bits per heavy atom. The summed E-state index contributed by atoms with van der Waals surface area (Å²) in [5.41, 5.74) is 1.64. The molecule has 0 aliphatic rings. The standard InChI is InChI=1S/C6H10ClNO2/c1-5(3-7)6(2)4-8(9)10/h3-4H2,1-2H3/b6-5+. The first-order valence-electron chi connectivity index (χ1n) is 2.91. The van der Waals surface area contributed by atoms with Crippen LogP contribution >= 0.6 is 11.6 Å². The van der Waals surface area contributed by atoms with Crippen molar-refractivity contribution < 1.29 is 4.92 Å². The van der Waals surface area contributed by atoms with E-state index in [4.69, 9.17) is 11.6 Å². The van der Waals surface area contributed by atoms with E-state index < -0.39 is 0 Å². The number of hydrogen-bond acceptors (Lipinski definition) is 2. The summed E-state index contributed by atoms with van der Waals surface area (Å²) in [6, 6.07) is 0. The van der Waals surface area contributed by atoms with Crippen molar-refractivity contribution in [3.05, 3.63) is 21.3 Å². The Hall–Kier alpha value is -0.570. The molecule has 0 radical (unpaired) electrons. The van der Waals surface area contributed by atoms with E-state index in [2.05, 4.69) is 0 Å². The Morgan fingerprint density at radius 3 is 2.30 bits per heavy atom. The van der Waals surface area contributed by atoms with Crippen LogP contribution in [0.4, 0.5) is 0 Å².